The molecule has 170 valence electrons. The van der Waals surface area contributed by atoms with Gasteiger partial charge in [-0.15, -0.1) is 15.0 Å². The molecule has 0 bridgehead atoms. The van der Waals surface area contributed by atoms with Gasteiger partial charge in [-0.05, 0) is 60.6 Å². The lowest BCUT2D eigenvalue weighted by atomic mass is 9.81. The number of fused-ring (bicyclic) bond motifs is 1. The van der Waals surface area contributed by atoms with Crippen LogP contribution in [-0.2, 0) is 5.41 Å². The summed E-state index contributed by atoms with van der Waals surface area (Å²) in [6.45, 7) is 6.36. The van der Waals surface area contributed by atoms with Crippen LogP contribution in [0.25, 0.3) is 16.7 Å². The summed E-state index contributed by atoms with van der Waals surface area (Å²) in [5.74, 6) is -0.0779. The summed E-state index contributed by atoms with van der Waals surface area (Å²) >= 11 is 6.09. The number of carbonyl (C=O) groups excluding carboxylic acids is 1. The van der Waals surface area contributed by atoms with E-state index in [9.17, 15) is 9.90 Å². The molecular formula is C24H30ClN5O2. The second-order valence-corrected chi connectivity index (χ2v) is 9.62. The summed E-state index contributed by atoms with van der Waals surface area (Å²) in [6.07, 6.45) is 6.33. The van der Waals surface area contributed by atoms with Crippen molar-refractivity contribution in [2.45, 2.75) is 70.8 Å². The van der Waals surface area contributed by atoms with E-state index in [0.717, 1.165) is 37.7 Å². The van der Waals surface area contributed by atoms with Crippen molar-refractivity contribution in [3.05, 3.63) is 40.9 Å². The van der Waals surface area contributed by atoms with Gasteiger partial charge in [0.05, 0.1) is 5.69 Å². The number of phenols is 1. The highest BCUT2D eigenvalue weighted by atomic mass is 35.5. The Morgan fingerprint density at radius 3 is 2.59 bits per heavy atom. The molecule has 8 heteroatoms. The molecule has 0 saturated heterocycles. The van der Waals surface area contributed by atoms with E-state index < -0.39 is 0 Å². The maximum absolute atomic E-state index is 12.7. The molecule has 0 radical (unpaired) electrons. The fraction of sp³-hybridized carbons (Fsp3) is 0.458. The SMILES string of the molecule is CCC(C)(C)c1cc(NC(=O)NC2CCCCC2)c(O)c(-n2nc3ccc(Cl)cc3n2)c1. The number of anilines is 1. The van der Waals surface area contributed by atoms with Crippen molar-refractivity contribution in [1.29, 1.82) is 0 Å². The van der Waals surface area contributed by atoms with Crippen LogP contribution in [0.2, 0.25) is 5.02 Å². The molecule has 2 amide bonds. The molecule has 0 spiro atoms. The van der Waals surface area contributed by atoms with E-state index in [-0.39, 0.29) is 23.2 Å². The zero-order valence-corrected chi connectivity index (χ0v) is 19.5. The molecule has 1 aliphatic carbocycles. The number of rotatable bonds is 5. The van der Waals surface area contributed by atoms with Gasteiger partial charge >= 0.3 is 6.03 Å². The van der Waals surface area contributed by atoms with Crippen LogP contribution in [0.5, 0.6) is 5.75 Å². The van der Waals surface area contributed by atoms with Gasteiger partial charge in [0, 0.05) is 11.1 Å². The Bertz CT molecular complexity index is 1130. The summed E-state index contributed by atoms with van der Waals surface area (Å²) in [4.78, 5) is 14.1. The van der Waals surface area contributed by atoms with Crippen LogP contribution < -0.4 is 10.6 Å². The van der Waals surface area contributed by atoms with Gasteiger partial charge in [-0.1, -0.05) is 51.6 Å². The second-order valence-electron chi connectivity index (χ2n) is 9.18. The van der Waals surface area contributed by atoms with Gasteiger partial charge in [0.25, 0.3) is 0 Å². The number of benzene rings is 2. The molecule has 0 atom stereocenters. The van der Waals surface area contributed by atoms with Gasteiger partial charge in [-0.3, -0.25) is 0 Å². The molecule has 1 saturated carbocycles. The Morgan fingerprint density at radius 2 is 1.88 bits per heavy atom. The normalized spacial score (nSPS) is 15.1. The molecule has 0 unspecified atom stereocenters. The molecular weight excluding hydrogens is 426 g/mol. The molecule has 1 aliphatic rings. The van der Waals surface area contributed by atoms with Gasteiger partial charge in [-0.25, -0.2) is 4.79 Å². The van der Waals surface area contributed by atoms with E-state index in [1.807, 2.05) is 12.1 Å². The summed E-state index contributed by atoms with van der Waals surface area (Å²) < 4.78 is 0. The van der Waals surface area contributed by atoms with Gasteiger partial charge < -0.3 is 15.7 Å². The van der Waals surface area contributed by atoms with E-state index >= 15 is 0 Å². The number of amides is 2. The standard InChI is InChI=1S/C24H30ClN5O2/c1-4-24(2,3)15-12-20(27-23(32)26-17-8-6-5-7-9-17)22(31)21(13-15)30-28-18-11-10-16(25)14-19(18)29-30/h10-14,17,31H,4-9H2,1-3H3,(H2,26,27,32). The third-order valence-corrected chi connectivity index (χ3v) is 6.74. The first-order chi connectivity index (χ1) is 15.3. The van der Waals surface area contributed by atoms with Crippen LogP contribution in [0.15, 0.2) is 30.3 Å². The van der Waals surface area contributed by atoms with Crippen LogP contribution in [0.3, 0.4) is 0 Å². The third kappa shape index (κ3) is 4.67. The lowest BCUT2D eigenvalue weighted by Gasteiger charge is -2.26. The maximum atomic E-state index is 12.7. The van der Waals surface area contributed by atoms with E-state index in [0.29, 0.717) is 27.4 Å². The molecule has 0 aliphatic heterocycles. The zero-order chi connectivity index (χ0) is 22.9. The van der Waals surface area contributed by atoms with Crippen LogP contribution in [0.1, 0.15) is 64.9 Å². The van der Waals surface area contributed by atoms with Crippen molar-refractivity contribution in [2.24, 2.45) is 0 Å². The number of hydrogen-bond acceptors (Lipinski definition) is 4. The number of phenolic OH excluding ortho intramolecular Hbond substituents is 1. The smallest absolute Gasteiger partial charge is 0.319 e. The fourth-order valence-corrected chi connectivity index (χ4v) is 4.21. The monoisotopic (exact) mass is 455 g/mol. The second kappa shape index (κ2) is 8.98. The van der Waals surface area contributed by atoms with E-state index in [1.54, 1.807) is 18.2 Å². The Balaban J connectivity index is 1.72. The molecule has 1 heterocycles. The lowest BCUT2D eigenvalue weighted by molar-refractivity contribution is 0.244. The summed E-state index contributed by atoms with van der Waals surface area (Å²) in [5, 5.41) is 26.5. The molecule has 1 aromatic heterocycles. The van der Waals surface area contributed by atoms with E-state index in [2.05, 4.69) is 41.6 Å². The van der Waals surface area contributed by atoms with Gasteiger partial charge in [0.2, 0.25) is 0 Å². The first-order valence-corrected chi connectivity index (χ1v) is 11.6. The highest BCUT2D eigenvalue weighted by molar-refractivity contribution is 6.31. The summed E-state index contributed by atoms with van der Waals surface area (Å²) in [5.41, 5.74) is 2.84. The van der Waals surface area contributed by atoms with Crippen LogP contribution in [0.4, 0.5) is 10.5 Å². The Hall–Kier alpha value is -2.80. The lowest BCUT2D eigenvalue weighted by Crippen LogP contribution is -2.39. The predicted octanol–water partition coefficient (Wildman–Crippen LogP) is 5.92. The summed E-state index contributed by atoms with van der Waals surface area (Å²) in [6, 6.07) is 8.84. The third-order valence-electron chi connectivity index (χ3n) is 6.50. The van der Waals surface area contributed by atoms with Crippen molar-refractivity contribution >= 4 is 34.4 Å². The minimum absolute atomic E-state index is 0.0779. The number of nitrogens with one attached hydrogen (secondary N) is 2. The largest absolute Gasteiger partial charge is 0.504 e. The number of urea groups is 1. The number of aromatic hydroxyl groups is 1. The quantitative estimate of drug-likeness (QED) is 0.416. The molecule has 3 aromatic rings. The van der Waals surface area contributed by atoms with Crippen molar-refractivity contribution in [3.63, 3.8) is 0 Å². The number of halogens is 1. The topological polar surface area (TPSA) is 92.1 Å². The van der Waals surface area contributed by atoms with E-state index in [4.69, 9.17) is 11.6 Å². The molecule has 3 N–H and O–H groups in total. The fourth-order valence-electron chi connectivity index (χ4n) is 4.05. The average molecular weight is 456 g/mol. The first-order valence-electron chi connectivity index (χ1n) is 11.2. The van der Waals surface area contributed by atoms with Crippen LogP contribution in [0, 0.1) is 0 Å². The van der Waals surface area contributed by atoms with Gasteiger partial charge in [-0.2, -0.15) is 0 Å². The summed E-state index contributed by atoms with van der Waals surface area (Å²) in [7, 11) is 0. The van der Waals surface area contributed by atoms with Crippen molar-refractivity contribution in [2.75, 3.05) is 5.32 Å². The number of nitrogens with zero attached hydrogens (tertiary/aromatic N) is 3. The average Bonchev–Trinajstić information content (AvgIpc) is 3.18. The molecule has 32 heavy (non-hydrogen) atoms. The molecule has 1 fully saturated rings. The Labute approximate surface area is 193 Å². The maximum Gasteiger partial charge on any atom is 0.319 e. The molecule has 2 aromatic carbocycles. The number of hydrogen-bond donors (Lipinski definition) is 3. The highest BCUT2D eigenvalue weighted by Gasteiger charge is 2.24. The zero-order valence-electron chi connectivity index (χ0n) is 18.8. The number of carbonyl (C=O) groups is 1. The minimum Gasteiger partial charge on any atom is -0.504 e. The van der Waals surface area contributed by atoms with Gasteiger partial charge in [0.1, 0.15) is 16.7 Å². The van der Waals surface area contributed by atoms with E-state index in [1.165, 1.54) is 11.2 Å². The van der Waals surface area contributed by atoms with Crippen molar-refractivity contribution in [1.82, 2.24) is 20.3 Å². The molecule has 4 rings (SSSR count). The Morgan fingerprint density at radius 1 is 1.16 bits per heavy atom. The van der Waals surface area contributed by atoms with Gasteiger partial charge in [0.15, 0.2) is 5.75 Å². The molecule has 7 nitrogen and oxygen atoms in total. The van der Waals surface area contributed by atoms with Crippen molar-refractivity contribution < 1.29 is 9.90 Å². The number of aromatic nitrogens is 3. The first kappa shape index (κ1) is 22.4. The van der Waals surface area contributed by atoms with Crippen molar-refractivity contribution in [3.8, 4) is 11.4 Å². The van der Waals surface area contributed by atoms with Crippen LogP contribution in [-0.4, -0.2) is 32.2 Å². The highest BCUT2D eigenvalue weighted by Crippen LogP contribution is 2.38. The van der Waals surface area contributed by atoms with Crippen LogP contribution >= 0.6 is 11.6 Å². The minimum atomic E-state index is -0.310. The predicted molar refractivity (Wildman–Crippen MR) is 128 cm³/mol. The Kier molecular flexibility index (Phi) is 6.29.